The Morgan fingerprint density at radius 1 is 0.758 bits per heavy atom. The van der Waals surface area contributed by atoms with Crippen molar-refractivity contribution in [3.8, 4) is 0 Å². The SMILES string of the molecule is CCCc1ccc([C@H]2CC[C@H](C(=O)OC3CCC([C@H]4CC[C@H](CCC)CC4)CC3)CC2)cc1. The van der Waals surface area contributed by atoms with Crippen molar-refractivity contribution >= 4 is 5.97 Å². The molecule has 0 amide bonds. The Kier molecular flexibility index (Phi) is 9.33. The quantitative estimate of drug-likeness (QED) is 0.369. The summed E-state index contributed by atoms with van der Waals surface area (Å²) in [5.41, 5.74) is 2.90. The van der Waals surface area contributed by atoms with Crippen LogP contribution in [-0.2, 0) is 16.0 Å². The minimum absolute atomic E-state index is 0.107. The first-order chi connectivity index (χ1) is 16.2. The van der Waals surface area contributed by atoms with E-state index >= 15 is 0 Å². The van der Waals surface area contributed by atoms with Gasteiger partial charge in [0.2, 0.25) is 0 Å². The van der Waals surface area contributed by atoms with Gasteiger partial charge >= 0.3 is 5.97 Å². The van der Waals surface area contributed by atoms with Crippen LogP contribution in [0.3, 0.4) is 0 Å². The summed E-state index contributed by atoms with van der Waals surface area (Å²) in [4.78, 5) is 12.9. The van der Waals surface area contributed by atoms with Crippen molar-refractivity contribution in [1.29, 1.82) is 0 Å². The van der Waals surface area contributed by atoms with Crippen molar-refractivity contribution in [3.05, 3.63) is 35.4 Å². The molecule has 33 heavy (non-hydrogen) atoms. The lowest BCUT2D eigenvalue weighted by Gasteiger charge is -2.38. The number of rotatable bonds is 8. The van der Waals surface area contributed by atoms with E-state index in [-0.39, 0.29) is 18.0 Å². The van der Waals surface area contributed by atoms with E-state index in [1.54, 1.807) is 0 Å². The Hall–Kier alpha value is -1.31. The molecule has 1 aromatic rings. The summed E-state index contributed by atoms with van der Waals surface area (Å²) in [6.07, 6.45) is 20.2. The molecule has 0 saturated heterocycles. The molecule has 0 aromatic heterocycles. The van der Waals surface area contributed by atoms with Crippen molar-refractivity contribution in [3.63, 3.8) is 0 Å². The Balaban J connectivity index is 1.15. The van der Waals surface area contributed by atoms with E-state index in [0.717, 1.165) is 56.3 Å². The zero-order valence-electron chi connectivity index (χ0n) is 21.4. The Labute approximate surface area is 203 Å². The lowest BCUT2D eigenvalue weighted by Crippen LogP contribution is -2.32. The number of esters is 1. The van der Waals surface area contributed by atoms with Gasteiger partial charge in [0, 0.05) is 0 Å². The van der Waals surface area contributed by atoms with Gasteiger partial charge in [-0.25, -0.2) is 0 Å². The van der Waals surface area contributed by atoms with Crippen LogP contribution < -0.4 is 0 Å². The third-order valence-corrected chi connectivity index (χ3v) is 9.31. The van der Waals surface area contributed by atoms with Gasteiger partial charge in [-0.05, 0) is 105 Å². The summed E-state index contributed by atoms with van der Waals surface area (Å²) in [6.45, 7) is 4.56. The summed E-state index contributed by atoms with van der Waals surface area (Å²) in [5.74, 6) is 3.69. The van der Waals surface area contributed by atoms with Gasteiger partial charge in [0.25, 0.3) is 0 Å². The van der Waals surface area contributed by atoms with Crippen LogP contribution in [0.4, 0.5) is 0 Å². The molecule has 4 rings (SSSR count). The van der Waals surface area contributed by atoms with Crippen LogP contribution in [0.1, 0.15) is 127 Å². The topological polar surface area (TPSA) is 26.3 Å². The van der Waals surface area contributed by atoms with Crippen molar-refractivity contribution in [2.24, 2.45) is 23.7 Å². The van der Waals surface area contributed by atoms with Gasteiger partial charge in [0.15, 0.2) is 0 Å². The fourth-order valence-electron chi connectivity index (χ4n) is 7.20. The van der Waals surface area contributed by atoms with E-state index in [2.05, 4.69) is 38.1 Å². The summed E-state index contributed by atoms with van der Waals surface area (Å²) < 4.78 is 6.06. The fraction of sp³-hybridized carbons (Fsp3) is 0.774. The third-order valence-electron chi connectivity index (χ3n) is 9.31. The van der Waals surface area contributed by atoms with Gasteiger partial charge in [0.05, 0.1) is 5.92 Å². The minimum Gasteiger partial charge on any atom is -0.462 e. The fourth-order valence-corrected chi connectivity index (χ4v) is 7.20. The first-order valence-corrected chi connectivity index (χ1v) is 14.5. The number of hydrogen-bond acceptors (Lipinski definition) is 2. The first-order valence-electron chi connectivity index (χ1n) is 14.5. The van der Waals surface area contributed by atoms with Gasteiger partial charge < -0.3 is 4.74 Å². The Morgan fingerprint density at radius 3 is 1.94 bits per heavy atom. The molecule has 0 radical (unpaired) electrons. The molecule has 3 saturated carbocycles. The Bertz CT molecular complexity index is 699. The van der Waals surface area contributed by atoms with Gasteiger partial charge in [0.1, 0.15) is 6.10 Å². The predicted octanol–water partition coefficient (Wildman–Crippen LogP) is 8.62. The van der Waals surface area contributed by atoms with Crippen molar-refractivity contribution < 1.29 is 9.53 Å². The molecule has 0 spiro atoms. The minimum atomic E-state index is 0.107. The zero-order valence-corrected chi connectivity index (χ0v) is 21.4. The van der Waals surface area contributed by atoms with Crippen LogP contribution in [0, 0.1) is 23.7 Å². The molecule has 0 aliphatic heterocycles. The van der Waals surface area contributed by atoms with Crippen LogP contribution in [-0.4, -0.2) is 12.1 Å². The molecule has 3 fully saturated rings. The number of hydrogen-bond donors (Lipinski definition) is 0. The normalized spacial score (nSPS) is 32.9. The molecule has 2 heteroatoms. The molecule has 3 aliphatic carbocycles. The monoisotopic (exact) mass is 452 g/mol. The number of ether oxygens (including phenoxy) is 1. The second kappa shape index (κ2) is 12.4. The third kappa shape index (κ3) is 6.86. The summed E-state index contributed by atoms with van der Waals surface area (Å²) in [5, 5.41) is 0. The van der Waals surface area contributed by atoms with Crippen molar-refractivity contribution in [1.82, 2.24) is 0 Å². The van der Waals surface area contributed by atoms with E-state index in [4.69, 9.17) is 4.74 Å². The zero-order chi connectivity index (χ0) is 23.0. The van der Waals surface area contributed by atoms with Crippen LogP contribution in [0.25, 0.3) is 0 Å². The standard InChI is InChI=1S/C31H48O2/c1-3-5-23-7-11-25(12-8-23)27-15-17-29(18-16-27)31(32)33-30-21-19-28(20-22-30)26-13-9-24(6-4-2)10-14-26/h7-8,11-12,24,26-30H,3-6,9-10,13-22H2,1-2H3/t24-,26-,27-,28?,29-,30?. The maximum Gasteiger partial charge on any atom is 0.309 e. The first kappa shape index (κ1) is 24.8. The Morgan fingerprint density at radius 2 is 1.36 bits per heavy atom. The van der Waals surface area contributed by atoms with Gasteiger partial charge in [-0.3, -0.25) is 4.79 Å². The molecule has 0 unspecified atom stereocenters. The summed E-state index contributed by atoms with van der Waals surface area (Å²) >= 11 is 0. The molecule has 0 heterocycles. The van der Waals surface area contributed by atoms with E-state index in [9.17, 15) is 4.79 Å². The molecular weight excluding hydrogens is 404 g/mol. The summed E-state index contributed by atoms with van der Waals surface area (Å²) in [7, 11) is 0. The predicted molar refractivity (Wildman–Crippen MR) is 137 cm³/mol. The van der Waals surface area contributed by atoms with Crippen LogP contribution in [0.15, 0.2) is 24.3 Å². The van der Waals surface area contributed by atoms with Crippen LogP contribution >= 0.6 is 0 Å². The molecule has 0 bridgehead atoms. The van der Waals surface area contributed by atoms with Gasteiger partial charge in [-0.1, -0.05) is 70.2 Å². The largest absolute Gasteiger partial charge is 0.462 e. The highest BCUT2D eigenvalue weighted by atomic mass is 16.5. The molecule has 0 atom stereocenters. The second-order valence-electron chi connectivity index (χ2n) is 11.6. The molecular formula is C31H48O2. The molecule has 0 N–H and O–H groups in total. The summed E-state index contributed by atoms with van der Waals surface area (Å²) in [6, 6.07) is 9.24. The number of aryl methyl sites for hydroxylation is 1. The van der Waals surface area contributed by atoms with Crippen LogP contribution in [0.2, 0.25) is 0 Å². The van der Waals surface area contributed by atoms with E-state index in [1.807, 2.05) is 0 Å². The van der Waals surface area contributed by atoms with Crippen LogP contribution in [0.5, 0.6) is 0 Å². The smallest absolute Gasteiger partial charge is 0.309 e. The van der Waals surface area contributed by atoms with Crippen molar-refractivity contribution in [2.75, 3.05) is 0 Å². The number of benzene rings is 1. The highest BCUT2D eigenvalue weighted by molar-refractivity contribution is 5.72. The number of carbonyl (C=O) groups is 1. The molecule has 1 aromatic carbocycles. The number of carbonyl (C=O) groups excluding carboxylic acids is 1. The van der Waals surface area contributed by atoms with E-state index in [1.165, 1.54) is 75.3 Å². The molecule has 184 valence electrons. The maximum atomic E-state index is 12.9. The lowest BCUT2D eigenvalue weighted by molar-refractivity contribution is -0.157. The van der Waals surface area contributed by atoms with E-state index < -0.39 is 0 Å². The highest BCUT2D eigenvalue weighted by Gasteiger charge is 2.34. The van der Waals surface area contributed by atoms with Gasteiger partial charge in [-0.2, -0.15) is 0 Å². The maximum absolute atomic E-state index is 12.9. The average Bonchev–Trinajstić information content (AvgIpc) is 2.86. The van der Waals surface area contributed by atoms with Gasteiger partial charge in [-0.15, -0.1) is 0 Å². The van der Waals surface area contributed by atoms with E-state index in [0.29, 0.717) is 5.92 Å². The highest BCUT2D eigenvalue weighted by Crippen LogP contribution is 2.42. The molecule has 2 nitrogen and oxygen atoms in total. The molecule has 3 aliphatic rings. The average molecular weight is 453 g/mol. The van der Waals surface area contributed by atoms with Crippen molar-refractivity contribution in [2.45, 2.75) is 129 Å². The second-order valence-corrected chi connectivity index (χ2v) is 11.6. The lowest BCUT2D eigenvalue weighted by atomic mass is 9.70.